The molecule has 0 saturated carbocycles. The van der Waals surface area contributed by atoms with E-state index in [4.69, 9.17) is 4.74 Å². The fraction of sp³-hybridized carbons (Fsp3) is 0.143. The van der Waals surface area contributed by atoms with Gasteiger partial charge in [0.2, 0.25) is 0 Å². The molecule has 0 atom stereocenters. The number of halogens is 1. The summed E-state index contributed by atoms with van der Waals surface area (Å²) in [5.74, 6) is -0.701. The molecule has 0 radical (unpaired) electrons. The second-order valence-electron chi connectivity index (χ2n) is 5.78. The molecular weight excluding hydrogens is 426 g/mol. The summed E-state index contributed by atoms with van der Waals surface area (Å²) in [6, 6.07) is 16.6. The van der Waals surface area contributed by atoms with Gasteiger partial charge in [-0.25, -0.2) is 4.79 Å². The number of nitrogens with one attached hydrogen (secondary N) is 1. The van der Waals surface area contributed by atoms with Crippen LogP contribution in [0, 0.1) is 6.92 Å². The van der Waals surface area contributed by atoms with Crippen LogP contribution >= 0.6 is 27.3 Å². The molecular formula is C21H18BrNO3S. The number of benzene rings is 2. The van der Waals surface area contributed by atoms with Crippen LogP contribution in [0.1, 0.15) is 32.5 Å². The van der Waals surface area contributed by atoms with Crippen LogP contribution in [0.25, 0.3) is 11.1 Å². The van der Waals surface area contributed by atoms with Crippen molar-refractivity contribution < 1.29 is 14.3 Å². The predicted octanol–water partition coefficient (Wildman–Crippen LogP) is 5.92. The highest BCUT2D eigenvalue weighted by molar-refractivity contribution is 9.10. The van der Waals surface area contributed by atoms with Gasteiger partial charge in [-0.1, -0.05) is 46.3 Å². The molecule has 0 fully saturated rings. The molecule has 0 saturated heterocycles. The second-order valence-corrected chi connectivity index (χ2v) is 7.93. The summed E-state index contributed by atoms with van der Waals surface area (Å²) in [7, 11) is 0. The van der Waals surface area contributed by atoms with E-state index in [9.17, 15) is 9.59 Å². The first-order valence-corrected chi connectivity index (χ1v) is 10.0. The summed E-state index contributed by atoms with van der Waals surface area (Å²) in [6.45, 7) is 3.96. The Labute approximate surface area is 170 Å². The van der Waals surface area contributed by atoms with Gasteiger partial charge in [0.15, 0.2) is 0 Å². The fourth-order valence-corrected chi connectivity index (χ4v) is 4.08. The van der Waals surface area contributed by atoms with Crippen molar-refractivity contribution in [2.24, 2.45) is 0 Å². The number of thiophene rings is 1. The Bertz CT molecular complexity index is 965. The average Bonchev–Trinajstić information content (AvgIpc) is 2.99. The standard InChI is InChI=1S/C21H18BrNO3S/c1-3-26-21(25)18-17(14-9-11-16(22)12-10-14)13(2)27-20(18)23-19(24)15-7-5-4-6-8-15/h4-12H,3H2,1-2H3,(H,23,24). The van der Waals surface area contributed by atoms with Crippen molar-refractivity contribution >= 4 is 44.1 Å². The zero-order chi connectivity index (χ0) is 19.4. The second kappa shape index (κ2) is 8.50. The number of rotatable bonds is 5. The van der Waals surface area contributed by atoms with Crippen LogP contribution in [-0.2, 0) is 4.74 Å². The lowest BCUT2D eigenvalue weighted by atomic mass is 10.0. The van der Waals surface area contributed by atoms with Gasteiger partial charge in [0, 0.05) is 20.5 Å². The molecule has 2 aromatic carbocycles. The van der Waals surface area contributed by atoms with Crippen LogP contribution in [0.5, 0.6) is 0 Å². The minimum absolute atomic E-state index is 0.259. The molecule has 138 valence electrons. The number of ether oxygens (including phenoxy) is 1. The SMILES string of the molecule is CCOC(=O)c1c(NC(=O)c2ccccc2)sc(C)c1-c1ccc(Br)cc1. The number of aryl methyl sites for hydroxylation is 1. The van der Waals surface area contributed by atoms with Crippen LogP contribution in [0.15, 0.2) is 59.1 Å². The van der Waals surface area contributed by atoms with E-state index in [1.54, 1.807) is 31.2 Å². The summed E-state index contributed by atoms with van der Waals surface area (Å²) < 4.78 is 6.22. The summed E-state index contributed by atoms with van der Waals surface area (Å²) in [6.07, 6.45) is 0. The van der Waals surface area contributed by atoms with E-state index in [2.05, 4.69) is 21.2 Å². The number of carbonyl (C=O) groups excluding carboxylic acids is 2. The number of esters is 1. The lowest BCUT2D eigenvalue weighted by molar-refractivity contribution is 0.0529. The normalized spacial score (nSPS) is 10.5. The molecule has 0 unspecified atom stereocenters. The van der Waals surface area contributed by atoms with Crippen molar-refractivity contribution in [1.29, 1.82) is 0 Å². The Hall–Kier alpha value is -2.44. The van der Waals surface area contributed by atoms with E-state index in [0.29, 0.717) is 16.1 Å². The van der Waals surface area contributed by atoms with E-state index in [0.717, 1.165) is 20.5 Å². The van der Waals surface area contributed by atoms with Gasteiger partial charge in [0.25, 0.3) is 5.91 Å². The molecule has 0 aliphatic rings. The Balaban J connectivity index is 2.06. The number of hydrogen-bond acceptors (Lipinski definition) is 4. The number of carbonyl (C=O) groups is 2. The monoisotopic (exact) mass is 443 g/mol. The highest BCUT2D eigenvalue weighted by Gasteiger charge is 2.25. The quantitative estimate of drug-likeness (QED) is 0.498. The molecule has 0 bridgehead atoms. The first-order valence-electron chi connectivity index (χ1n) is 8.44. The maximum atomic E-state index is 12.7. The summed E-state index contributed by atoms with van der Waals surface area (Å²) >= 11 is 4.80. The topological polar surface area (TPSA) is 55.4 Å². The Morgan fingerprint density at radius 3 is 2.37 bits per heavy atom. The lowest BCUT2D eigenvalue weighted by Crippen LogP contribution is -2.14. The van der Waals surface area contributed by atoms with E-state index in [-0.39, 0.29) is 12.5 Å². The van der Waals surface area contributed by atoms with Crippen LogP contribution in [0.2, 0.25) is 0 Å². The van der Waals surface area contributed by atoms with E-state index in [1.807, 2.05) is 37.3 Å². The van der Waals surface area contributed by atoms with Gasteiger partial charge in [-0.15, -0.1) is 11.3 Å². The third kappa shape index (κ3) is 4.28. The summed E-state index contributed by atoms with van der Waals surface area (Å²) in [4.78, 5) is 26.2. The maximum absolute atomic E-state index is 12.7. The van der Waals surface area contributed by atoms with Crippen LogP contribution in [0.4, 0.5) is 5.00 Å². The minimum Gasteiger partial charge on any atom is -0.462 e. The van der Waals surface area contributed by atoms with Crippen molar-refractivity contribution in [2.75, 3.05) is 11.9 Å². The molecule has 0 aliphatic carbocycles. The molecule has 0 aliphatic heterocycles. The molecule has 1 amide bonds. The first kappa shape index (κ1) is 19.3. The van der Waals surface area contributed by atoms with E-state index in [1.165, 1.54) is 11.3 Å². The van der Waals surface area contributed by atoms with Crippen molar-refractivity contribution in [3.63, 3.8) is 0 Å². The van der Waals surface area contributed by atoms with Crippen molar-refractivity contribution in [1.82, 2.24) is 0 Å². The van der Waals surface area contributed by atoms with Crippen LogP contribution in [0.3, 0.4) is 0 Å². The Morgan fingerprint density at radius 1 is 1.07 bits per heavy atom. The smallest absolute Gasteiger partial charge is 0.341 e. The lowest BCUT2D eigenvalue weighted by Gasteiger charge is -2.09. The fourth-order valence-electron chi connectivity index (χ4n) is 2.76. The molecule has 3 rings (SSSR count). The highest BCUT2D eigenvalue weighted by Crippen LogP contribution is 2.40. The van der Waals surface area contributed by atoms with E-state index >= 15 is 0 Å². The van der Waals surface area contributed by atoms with Gasteiger partial charge in [-0.3, -0.25) is 4.79 Å². The Morgan fingerprint density at radius 2 is 1.74 bits per heavy atom. The average molecular weight is 444 g/mol. The van der Waals surface area contributed by atoms with Crippen molar-refractivity contribution in [2.45, 2.75) is 13.8 Å². The van der Waals surface area contributed by atoms with Crippen LogP contribution in [-0.4, -0.2) is 18.5 Å². The number of amides is 1. The summed E-state index contributed by atoms with van der Waals surface area (Å²) in [5.41, 5.74) is 2.61. The third-order valence-corrected chi connectivity index (χ3v) is 5.51. The molecule has 6 heteroatoms. The first-order chi connectivity index (χ1) is 13.0. The van der Waals surface area contributed by atoms with Crippen molar-refractivity contribution in [3.8, 4) is 11.1 Å². The number of anilines is 1. The van der Waals surface area contributed by atoms with E-state index < -0.39 is 5.97 Å². The molecule has 1 heterocycles. The predicted molar refractivity (Wildman–Crippen MR) is 113 cm³/mol. The number of hydrogen-bond donors (Lipinski definition) is 1. The maximum Gasteiger partial charge on any atom is 0.341 e. The van der Waals surface area contributed by atoms with Gasteiger partial charge < -0.3 is 10.1 Å². The Kier molecular flexibility index (Phi) is 6.08. The molecule has 3 aromatic rings. The zero-order valence-electron chi connectivity index (χ0n) is 14.9. The minimum atomic E-state index is -0.442. The van der Waals surface area contributed by atoms with Crippen molar-refractivity contribution in [3.05, 3.63) is 75.1 Å². The molecule has 27 heavy (non-hydrogen) atoms. The van der Waals surface area contributed by atoms with Gasteiger partial charge in [0.05, 0.1) is 6.61 Å². The molecule has 4 nitrogen and oxygen atoms in total. The van der Waals surface area contributed by atoms with Crippen LogP contribution < -0.4 is 5.32 Å². The molecule has 0 spiro atoms. The van der Waals surface area contributed by atoms with Gasteiger partial charge in [-0.2, -0.15) is 0 Å². The van der Waals surface area contributed by atoms with Gasteiger partial charge in [-0.05, 0) is 43.7 Å². The third-order valence-electron chi connectivity index (χ3n) is 3.96. The zero-order valence-corrected chi connectivity index (χ0v) is 17.3. The largest absolute Gasteiger partial charge is 0.462 e. The van der Waals surface area contributed by atoms with Gasteiger partial charge in [0.1, 0.15) is 10.6 Å². The summed E-state index contributed by atoms with van der Waals surface area (Å²) in [5, 5.41) is 3.38. The highest BCUT2D eigenvalue weighted by atomic mass is 79.9. The van der Waals surface area contributed by atoms with Gasteiger partial charge >= 0.3 is 5.97 Å². The molecule has 1 aromatic heterocycles. The molecule has 1 N–H and O–H groups in total.